The molecular weight excluding hydrogens is 272 g/mol. The van der Waals surface area contributed by atoms with Crippen molar-refractivity contribution in [3.8, 4) is 0 Å². The molecule has 1 saturated carbocycles. The van der Waals surface area contributed by atoms with E-state index < -0.39 is 0 Å². The predicted octanol–water partition coefficient (Wildman–Crippen LogP) is 2.32. The number of rotatable bonds is 4. The molecule has 1 aromatic rings. The van der Waals surface area contributed by atoms with Crippen molar-refractivity contribution in [3.63, 3.8) is 0 Å². The zero-order valence-electron chi connectivity index (χ0n) is 12.3. The Morgan fingerprint density at radius 2 is 1.90 bits per heavy atom. The van der Waals surface area contributed by atoms with Gasteiger partial charge >= 0.3 is 0 Å². The first-order valence-corrected chi connectivity index (χ1v) is 8.68. The third kappa shape index (κ3) is 3.28. The number of nitrogens with zero attached hydrogens (tertiary/aromatic N) is 4. The summed E-state index contributed by atoms with van der Waals surface area (Å²) in [5, 5.41) is 9.79. The van der Waals surface area contributed by atoms with Crippen LogP contribution < -0.4 is 4.90 Å². The van der Waals surface area contributed by atoms with E-state index in [9.17, 15) is 0 Å². The summed E-state index contributed by atoms with van der Waals surface area (Å²) in [5.74, 6) is 3.05. The highest BCUT2D eigenvalue weighted by molar-refractivity contribution is 7.99. The molecule has 0 N–H and O–H groups in total. The summed E-state index contributed by atoms with van der Waals surface area (Å²) in [6.07, 6.45) is 7.01. The van der Waals surface area contributed by atoms with Crippen LogP contribution in [0.1, 0.15) is 32.1 Å². The molecular formula is C14H24N4OS. The van der Waals surface area contributed by atoms with Crippen molar-refractivity contribution < 1.29 is 4.74 Å². The second-order valence-electron chi connectivity index (χ2n) is 5.76. The summed E-state index contributed by atoms with van der Waals surface area (Å²) < 4.78 is 7.53. The zero-order chi connectivity index (χ0) is 13.8. The topological polar surface area (TPSA) is 43.2 Å². The van der Waals surface area contributed by atoms with Crippen molar-refractivity contribution in [1.82, 2.24) is 14.8 Å². The van der Waals surface area contributed by atoms with E-state index in [1.807, 2.05) is 11.8 Å². The van der Waals surface area contributed by atoms with Crippen LogP contribution in [0, 0.1) is 5.92 Å². The maximum Gasteiger partial charge on any atom is 0.227 e. The summed E-state index contributed by atoms with van der Waals surface area (Å²) in [6, 6.07) is 0. The Hall–Kier alpha value is -0.750. The third-order valence-corrected chi connectivity index (χ3v) is 5.53. The summed E-state index contributed by atoms with van der Waals surface area (Å²) in [4.78, 5) is 2.27. The van der Waals surface area contributed by atoms with E-state index >= 15 is 0 Å². The first-order valence-electron chi connectivity index (χ1n) is 7.69. The minimum atomic E-state index is 0.789. The summed E-state index contributed by atoms with van der Waals surface area (Å²) in [6.45, 7) is 3.41. The SMILES string of the molecule is Cn1c(SCC2CCCCC2)nnc1N1CCOCC1. The molecule has 3 rings (SSSR count). The zero-order valence-corrected chi connectivity index (χ0v) is 13.1. The number of ether oxygens (including phenoxy) is 1. The minimum absolute atomic E-state index is 0.789. The second kappa shape index (κ2) is 6.80. The van der Waals surface area contributed by atoms with Crippen LogP contribution in [0.25, 0.3) is 0 Å². The molecule has 0 atom stereocenters. The van der Waals surface area contributed by atoms with Gasteiger partial charge in [-0.2, -0.15) is 0 Å². The molecule has 2 aliphatic rings. The molecule has 2 heterocycles. The van der Waals surface area contributed by atoms with Crippen LogP contribution in [0.15, 0.2) is 5.16 Å². The van der Waals surface area contributed by atoms with Gasteiger partial charge in [0, 0.05) is 25.9 Å². The van der Waals surface area contributed by atoms with Gasteiger partial charge < -0.3 is 9.64 Å². The maximum atomic E-state index is 5.39. The highest BCUT2D eigenvalue weighted by Crippen LogP contribution is 2.30. The minimum Gasteiger partial charge on any atom is -0.378 e. The fraction of sp³-hybridized carbons (Fsp3) is 0.857. The molecule has 1 aromatic heterocycles. The lowest BCUT2D eigenvalue weighted by Crippen LogP contribution is -2.37. The fourth-order valence-electron chi connectivity index (χ4n) is 3.02. The Labute approximate surface area is 125 Å². The Bertz CT molecular complexity index is 425. The average Bonchev–Trinajstić information content (AvgIpc) is 2.88. The predicted molar refractivity (Wildman–Crippen MR) is 81.3 cm³/mol. The first kappa shape index (κ1) is 14.2. The summed E-state index contributed by atoms with van der Waals surface area (Å²) in [7, 11) is 2.08. The summed E-state index contributed by atoms with van der Waals surface area (Å²) >= 11 is 1.87. The molecule has 0 aromatic carbocycles. The van der Waals surface area contributed by atoms with Crippen molar-refractivity contribution in [2.24, 2.45) is 13.0 Å². The lowest BCUT2D eigenvalue weighted by molar-refractivity contribution is 0.121. The van der Waals surface area contributed by atoms with E-state index in [-0.39, 0.29) is 0 Å². The summed E-state index contributed by atoms with van der Waals surface area (Å²) in [5.41, 5.74) is 0. The number of hydrogen-bond acceptors (Lipinski definition) is 5. The van der Waals surface area contributed by atoms with Gasteiger partial charge in [-0.1, -0.05) is 31.0 Å². The van der Waals surface area contributed by atoms with Crippen LogP contribution in [0.3, 0.4) is 0 Å². The van der Waals surface area contributed by atoms with Gasteiger partial charge in [0.25, 0.3) is 0 Å². The third-order valence-electron chi connectivity index (χ3n) is 4.28. The van der Waals surface area contributed by atoms with Crippen molar-refractivity contribution in [2.45, 2.75) is 37.3 Å². The van der Waals surface area contributed by atoms with Crippen LogP contribution in [0.2, 0.25) is 0 Å². The normalized spacial score (nSPS) is 21.4. The monoisotopic (exact) mass is 296 g/mol. The Morgan fingerprint density at radius 1 is 1.15 bits per heavy atom. The molecule has 5 nitrogen and oxygen atoms in total. The van der Waals surface area contributed by atoms with Crippen molar-refractivity contribution >= 4 is 17.7 Å². The molecule has 0 bridgehead atoms. The van der Waals surface area contributed by atoms with Gasteiger partial charge in [0.15, 0.2) is 5.16 Å². The molecule has 1 saturated heterocycles. The van der Waals surface area contributed by atoms with Gasteiger partial charge in [0.1, 0.15) is 0 Å². The molecule has 112 valence electrons. The van der Waals surface area contributed by atoms with Gasteiger partial charge in [-0.3, -0.25) is 4.57 Å². The average molecular weight is 296 g/mol. The highest BCUT2D eigenvalue weighted by Gasteiger charge is 2.20. The number of aromatic nitrogens is 3. The molecule has 0 amide bonds. The first-order chi connectivity index (χ1) is 9.84. The molecule has 2 fully saturated rings. The quantitative estimate of drug-likeness (QED) is 0.798. The standard InChI is InChI=1S/C14H24N4OS/c1-17-13(18-7-9-19-10-8-18)15-16-14(17)20-11-12-5-3-2-4-6-12/h12H,2-11H2,1H3. The Kier molecular flexibility index (Phi) is 4.83. The van der Waals surface area contributed by atoms with Gasteiger partial charge in [-0.25, -0.2) is 0 Å². The van der Waals surface area contributed by atoms with E-state index in [0.717, 1.165) is 43.3 Å². The molecule has 0 spiro atoms. The Balaban J connectivity index is 1.58. The molecule has 0 radical (unpaired) electrons. The van der Waals surface area contributed by atoms with Crippen LogP contribution in [-0.4, -0.2) is 46.8 Å². The van der Waals surface area contributed by atoms with E-state index in [1.165, 1.54) is 37.9 Å². The number of hydrogen-bond donors (Lipinski definition) is 0. The molecule has 0 unspecified atom stereocenters. The second-order valence-corrected chi connectivity index (χ2v) is 6.74. The molecule has 1 aliphatic heterocycles. The van der Waals surface area contributed by atoms with Crippen molar-refractivity contribution in [3.05, 3.63) is 0 Å². The fourth-order valence-corrected chi connectivity index (χ4v) is 4.11. The van der Waals surface area contributed by atoms with E-state index in [2.05, 4.69) is 26.7 Å². The highest BCUT2D eigenvalue weighted by atomic mass is 32.2. The van der Waals surface area contributed by atoms with E-state index in [4.69, 9.17) is 4.74 Å². The largest absolute Gasteiger partial charge is 0.378 e. The van der Waals surface area contributed by atoms with Crippen molar-refractivity contribution in [1.29, 1.82) is 0 Å². The van der Waals surface area contributed by atoms with Crippen LogP contribution in [-0.2, 0) is 11.8 Å². The van der Waals surface area contributed by atoms with Gasteiger partial charge in [0.2, 0.25) is 5.95 Å². The van der Waals surface area contributed by atoms with Gasteiger partial charge in [0.05, 0.1) is 13.2 Å². The van der Waals surface area contributed by atoms with E-state index in [0.29, 0.717) is 0 Å². The molecule has 6 heteroatoms. The smallest absolute Gasteiger partial charge is 0.227 e. The van der Waals surface area contributed by atoms with Crippen molar-refractivity contribution in [2.75, 3.05) is 37.0 Å². The van der Waals surface area contributed by atoms with Crippen LogP contribution in [0.4, 0.5) is 5.95 Å². The Morgan fingerprint density at radius 3 is 2.65 bits per heavy atom. The van der Waals surface area contributed by atoms with E-state index in [1.54, 1.807) is 0 Å². The number of anilines is 1. The van der Waals surface area contributed by atoms with Gasteiger partial charge in [-0.05, 0) is 18.8 Å². The van der Waals surface area contributed by atoms with Crippen LogP contribution in [0.5, 0.6) is 0 Å². The molecule has 1 aliphatic carbocycles. The van der Waals surface area contributed by atoms with Crippen LogP contribution >= 0.6 is 11.8 Å². The number of morpholine rings is 1. The van der Waals surface area contributed by atoms with Gasteiger partial charge in [-0.15, -0.1) is 10.2 Å². The lowest BCUT2D eigenvalue weighted by Gasteiger charge is -2.27. The molecule has 20 heavy (non-hydrogen) atoms. The lowest BCUT2D eigenvalue weighted by atomic mass is 9.91. The number of thioether (sulfide) groups is 1. The maximum absolute atomic E-state index is 5.39.